The Morgan fingerprint density at radius 2 is 1.78 bits per heavy atom. The lowest BCUT2D eigenvalue weighted by molar-refractivity contribution is -0.384. The van der Waals surface area contributed by atoms with Crippen molar-refractivity contribution in [1.29, 1.82) is 0 Å². The molecule has 0 aliphatic carbocycles. The maximum atomic E-state index is 12.9. The van der Waals surface area contributed by atoms with Crippen LogP contribution in [-0.4, -0.2) is 40.4 Å². The second-order valence-electron chi connectivity index (χ2n) is 8.45. The van der Waals surface area contributed by atoms with Gasteiger partial charge in [-0.2, -0.15) is 10.2 Å². The molecule has 0 bridgehead atoms. The van der Waals surface area contributed by atoms with E-state index in [2.05, 4.69) is 20.3 Å². The van der Waals surface area contributed by atoms with Crippen molar-refractivity contribution < 1.29 is 23.2 Å². The molecule has 0 saturated heterocycles. The van der Waals surface area contributed by atoms with Gasteiger partial charge in [-0.1, -0.05) is 36.4 Å². The van der Waals surface area contributed by atoms with E-state index in [4.69, 9.17) is 0 Å². The Bertz CT molecular complexity index is 1870. The Balaban J connectivity index is 1.42. The average Bonchev–Trinajstić information content (AvgIpc) is 3.64. The molecule has 5 rings (SSSR count). The van der Waals surface area contributed by atoms with Crippen LogP contribution in [-0.2, 0) is 10.0 Å². The molecule has 0 amide bonds. The van der Waals surface area contributed by atoms with Gasteiger partial charge in [0.25, 0.3) is 15.7 Å². The number of aromatic carboxylic acids is 1. The summed E-state index contributed by atoms with van der Waals surface area (Å²) in [4.78, 5) is 23.0. The molecular weight excluding hydrogens is 568 g/mol. The molecule has 41 heavy (non-hydrogen) atoms. The van der Waals surface area contributed by atoms with Crippen molar-refractivity contribution in [2.45, 2.75) is 4.90 Å². The molecular formula is C27H20N6O6S2. The summed E-state index contributed by atoms with van der Waals surface area (Å²) in [5.74, 6) is -1.33. The third kappa shape index (κ3) is 5.98. The van der Waals surface area contributed by atoms with Crippen molar-refractivity contribution in [1.82, 2.24) is 9.78 Å². The van der Waals surface area contributed by atoms with E-state index < -0.39 is 31.5 Å². The van der Waals surface area contributed by atoms with Crippen LogP contribution in [0.15, 0.2) is 107 Å². The Kier molecular flexibility index (Phi) is 7.58. The van der Waals surface area contributed by atoms with Gasteiger partial charge >= 0.3 is 5.97 Å². The van der Waals surface area contributed by atoms with Crippen LogP contribution in [0.3, 0.4) is 0 Å². The SMILES string of the molecule is O=C(O)c1ccccc1NS(=O)(=O)c1ccc(NN=Cc2cn(-c3ccccc3)nc2-c2cccs2)c([N+](=O)[O-])c1. The number of hydrogen-bond acceptors (Lipinski definition) is 9. The first-order valence-corrected chi connectivity index (χ1v) is 14.2. The summed E-state index contributed by atoms with van der Waals surface area (Å²) in [6.07, 6.45) is 3.25. The van der Waals surface area contributed by atoms with E-state index in [-0.39, 0.29) is 16.9 Å². The number of nitro groups is 1. The first-order chi connectivity index (χ1) is 19.7. The number of hydrazone groups is 1. The smallest absolute Gasteiger partial charge is 0.337 e. The summed E-state index contributed by atoms with van der Waals surface area (Å²) in [6, 6.07) is 22.0. The predicted molar refractivity (Wildman–Crippen MR) is 155 cm³/mol. The van der Waals surface area contributed by atoms with E-state index in [0.717, 1.165) is 22.7 Å². The molecule has 14 heteroatoms. The van der Waals surface area contributed by atoms with Gasteiger partial charge < -0.3 is 5.11 Å². The molecule has 0 unspecified atom stereocenters. The summed E-state index contributed by atoms with van der Waals surface area (Å²) in [7, 11) is -4.35. The highest BCUT2D eigenvalue weighted by molar-refractivity contribution is 7.92. The van der Waals surface area contributed by atoms with E-state index in [1.807, 2.05) is 47.8 Å². The van der Waals surface area contributed by atoms with Crippen molar-refractivity contribution in [3.8, 4) is 16.3 Å². The van der Waals surface area contributed by atoms with Gasteiger partial charge in [0.1, 0.15) is 11.4 Å². The first kappa shape index (κ1) is 27.2. The second-order valence-corrected chi connectivity index (χ2v) is 11.1. The highest BCUT2D eigenvalue weighted by atomic mass is 32.2. The van der Waals surface area contributed by atoms with E-state index in [0.29, 0.717) is 11.3 Å². The molecule has 0 aliphatic rings. The number of nitrogens with one attached hydrogen (secondary N) is 2. The van der Waals surface area contributed by atoms with Crippen LogP contribution in [0.25, 0.3) is 16.3 Å². The highest BCUT2D eigenvalue weighted by Crippen LogP contribution is 2.30. The van der Waals surface area contributed by atoms with Gasteiger partial charge in [-0.15, -0.1) is 11.3 Å². The Morgan fingerprint density at radius 1 is 1.02 bits per heavy atom. The Labute approximate surface area is 237 Å². The molecule has 3 aromatic carbocycles. The van der Waals surface area contributed by atoms with E-state index in [9.17, 15) is 28.4 Å². The van der Waals surface area contributed by atoms with E-state index >= 15 is 0 Å². The van der Waals surface area contributed by atoms with E-state index in [1.54, 1.807) is 10.9 Å². The molecule has 3 N–H and O–H groups in total. The molecule has 0 saturated carbocycles. The van der Waals surface area contributed by atoms with Gasteiger partial charge in [-0.25, -0.2) is 17.9 Å². The minimum Gasteiger partial charge on any atom is -0.478 e. The lowest BCUT2D eigenvalue weighted by Crippen LogP contribution is -2.16. The highest BCUT2D eigenvalue weighted by Gasteiger charge is 2.23. The fraction of sp³-hybridized carbons (Fsp3) is 0. The van der Waals surface area contributed by atoms with Crippen molar-refractivity contribution in [3.63, 3.8) is 0 Å². The van der Waals surface area contributed by atoms with Crippen LogP contribution < -0.4 is 10.1 Å². The van der Waals surface area contributed by atoms with Crippen LogP contribution in [0.5, 0.6) is 0 Å². The van der Waals surface area contributed by atoms with Crippen molar-refractivity contribution >= 4 is 50.6 Å². The number of sulfonamides is 1. The van der Waals surface area contributed by atoms with Crippen LogP contribution in [0.2, 0.25) is 0 Å². The van der Waals surface area contributed by atoms with E-state index in [1.165, 1.54) is 47.9 Å². The maximum Gasteiger partial charge on any atom is 0.337 e. The summed E-state index contributed by atoms with van der Waals surface area (Å²) in [5.41, 5.74) is 3.73. The number of rotatable bonds is 10. The van der Waals surface area contributed by atoms with Crippen LogP contribution in [0.1, 0.15) is 15.9 Å². The number of anilines is 2. The lowest BCUT2D eigenvalue weighted by atomic mass is 10.2. The maximum absolute atomic E-state index is 12.9. The summed E-state index contributed by atoms with van der Waals surface area (Å²) >= 11 is 1.50. The quantitative estimate of drug-likeness (QED) is 0.110. The number of nitro benzene ring substituents is 1. The van der Waals surface area contributed by atoms with Gasteiger partial charge in [-0.3, -0.25) is 20.3 Å². The van der Waals surface area contributed by atoms with Crippen molar-refractivity contribution in [2.24, 2.45) is 5.10 Å². The fourth-order valence-corrected chi connectivity index (χ4v) is 5.69. The van der Waals surface area contributed by atoms with Crippen molar-refractivity contribution in [2.75, 3.05) is 10.1 Å². The molecule has 2 aromatic heterocycles. The molecule has 5 aromatic rings. The largest absolute Gasteiger partial charge is 0.478 e. The number of carboxylic acid groups (broad SMARTS) is 1. The molecule has 0 spiro atoms. The molecule has 0 fully saturated rings. The second kappa shape index (κ2) is 11.4. The predicted octanol–water partition coefficient (Wildman–Crippen LogP) is 5.45. The van der Waals surface area contributed by atoms with Gasteiger partial charge in [0.05, 0.1) is 37.8 Å². The summed E-state index contributed by atoms with van der Waals surface area (Å²) < 4.78 is 29.8. The number of aromatic nitrogens is 2. The van der Waals surface area contributed by atoms with Gasteiger partial charge in [-0.05, 0) is 47.8 Å². The lowest BCUT2D eigenvalue weighted by Gasteiger charge is -2.11. The number of carbonyl (C=O) groups is 1. The number of para-hydroxylation sites is 2. The summed E-state index contributed by atoms with van der Waals surface area (Å²) in [6.45, 7) is 0. The zero-order valence-electron chi connectivity index (χ0n) is 20.9. The molecule has 206 valence electrons. The number of thiophene rings is 1. The van der Waals surface area contributed by atoms with Crippen LogP contribution >= 0.6 is 11.3 Å². The minimum absolute atomic E-state index is 0.0516. The topological polar surface area (TPSA) is 169 Å². The number of carboxylic acids is 1. The Hall–Kier alpha value is -5.34. The number of benzene rings is 3. The Morgan fingerprint density at radius 3 is 2.49 bits per heavy atom. The normalized spacial score (nSPS) is 11.4. The minimum atomic E-state index is -4.35. The summed E-state index contributed by atoms with van der Waals surface area (Å²) in [5, 5.41) is 31.9. The number of hydrogen-bond donors (Lipinski definition) is 3. The monoisotopic (exact) mass is 588 g/mol. The molecule has 0 radical (unpaired) electrons. The third-order valence-electron chi connectivity index (χ3n) is 5.78. The molecule has 2 heterocycles. The average molecular weight is 589 g/mol. The van der Waals surface area contributed by atoms with Gasteiger partial charge in [0.15, 0.2) is 0 Å². The molecule has 0 aliphatic heterocycles. The van der Waals surface area contributed by atoms with Crippen LogP contribution in [0.4, 0.5) is 17.1 Å². The van der Waals surface area contributed by atoms with Crippen LogP contribution in [0, 0.1) is 10.1 Å². The zero-order chi connectivity index (χ0) is 29.0. The molecule has 12 nitrogen and oxygen atoms in total. The van der Waals surface area contributed by atoms with Gasteiger partial charge in [0, 0.05) is 17.8 Å². The standard InChI is InChI=1S/C27H20N6O6S2/c34-27(35)21-9-4-5-10-22(21)31-41(38,39)20-12-13-23(24(15-20)33(36)37)29-28-16-18-17-32(19-7-2-1-3-8-19)30-26(18)25-11-6-14-40-25/h1-17,29,31H,(H,34,35). The van der Waals surface area contributed by atoms with Gasteiger partial charge in [0.2, 0.25) is 0 Å². The number of nitrogens with zero attached hydrogens (tertiary/aromatic N) is 4. The first-order valence-electron chi connectivity index (χ1n) is 11.8. The van der Waals surface area contributed by atoms with Crippen molar-refractivity contribution in [3.05, 3.63) is 118 Å². The zero-order valence-corrected chi connectivity index (χ0v) is 22.5. The molecule has 0 atom stereocenters. The fourth-order valence-electron chi connectivity index (χ4n) is 3.86. The third-order valence-corrected chi connectivity index (χ3v) is 8.02.